The molecule has 0 saturated carbocycles. The minimum absolute atomic E-state index is 0.287. The molecule has 2 aromatic carbocycles. The summed E-state index contributed by atoms with van der Waals surface area (Å²) in [7, 11) is 0. The Kier molecular flexibility index (Phi) is 3.95. The molecule has 0 amide bonds. The molecule has 0 atom stereocenters. The Labute approximate surface area is 166 Å². The van der Waals surface area contributed by atoms with Crippen LogP contribution in [0.25, 0.3) is 33.5 Å². The van der Waals surface area contributed by atoms with Gasteiger partial charge in [0.15, 0.2) is 5.76 Å². The predicted octanol–water partition coefficient (Wildman–Crippen LogP) is 5.05. The van der Waals surface area contributed by atoms with Crippen LogP contribution in [0.4, 0.5) is 0 Å². The zero-order valence-corrected chi connectivity index (χ0v) is 16.0. The van der Waals surface area contributed by atoms with E-state index in [1.165, 1.54) is 10.9 Å². The van der Waals surface area contributed by atoms with E-state index in [0.717, 1.165) is 9.86 Å². The van der Waals surface area contributed by atoms with Gasteiger partial charge >= 0.3 is 0 Å². The number of halogens is 1. The molecule has 0 spiro atoms. The second-order valence-electron chi connectivity index (χ2n) is 6.12. The molecule has 0 unspecified atom stereocenters. The lowest BCUT2D eigenvalue weighted by Crippen LogP contribution is -2.20. The van der Waals surface area contributed by atoms with Gasteiger partial charge in [-0.05, 0) is 48.5 Å². The minimum atomic E-state index is -0.287. The number of aromatic nitrogens is 2. The van der Waals surface area contributed by atoms with E-state index in [1.54, 1.807) is 36.6 Å². The molecule has 7 heteroatoms. The molecule has 5 aromatic rings. The van der Waals surface area contributed by atoms with Gasteiger partial charge < -0.3 is 8.83 Å². The van der Waals surface area contributed by atoms with E-state index >= 15 is 0 Å². The van der Waals surface area contributed by atoms with Crippen molar-refractivity contribution in [2.45, 2.75) is 0 Å². The van der Waals surface area contributed by atoms with Crippen LogP contribution in [0.2, 0.25) is 0 Å². The Balaban J connectivity index is 1.77. The first-order valence-corrected chi connectivity index (χ1v) is 9.27. The number of hydrogen-bond acceptors (Lipinski definition) is 5. The summed E-state index contributed by atoms with van der Waals surface area (Å²) in [6.07, 6.45) is 3.02. The van der Waals surface area contributed by atoms with Crippen molar-refractivity contribution in [3.05, 3.63) is 87.5 Å². The van der Waals surface area contributed by atoms with Crippen LogP contribution in [-0.2, 0) is 0 Å². The molecule has 0 N–H and O–H groups in total. The number of rotatable bonds is 3. The lowest BCUT2D eigenvalue weighted by atomic mass is 10.2. The first-order valence-electron chi connectivity index (χ1n) is 8.48. The first-order chi connectivity index (χ1) is 13.7. The molecule has 0 aliphatic heterocycles. The third-order valence-corrected chi connectivity index (χ3v) is 4.79. The van der Waals surface area contributed by atoms with E-state index in [9.17, 15) is 4.79 Å². The number of nitrogens with zero attached hydrogens (tertiary/aromatic N) is 3. The molecule has 0 saturated heterocycles. The van der Waals surface area contributed by atoms with Crippen molar-refractivity contribution in [2.24, 2.45) is 5.10 Å². The normalized spacial score (nSPS) is 11.8. The number of fused-ring (bicyclic) bond motifs is 2. The second kappa shape index (κ2) is 6.61. The Hall–Kier alpha value is -3.45. The van der Waals surface area contributed by atoms with Crippen molar-refractivity contribution < 1.29 is 8.83 Å². The van der Waals surface area contributed by atoms with E-state index in [2.05, 4.69) is 26.0 Å². The largest absolute Gasteiger partial charge is 0.463 e. The maximum absolute atomic E-state index is 13.1. The van der Waals surface area contributed by atoms with Gasteiger partial charge in [-0.15, -0.1) is 0 Å². The second-order valence-corrected chi connectivity index (χ2v) is 7.04. The molecular formula is C21H12BrN3O3. The van der Waals surface area contributed by atoms with E-state index in [4.69, 9.17) is 8.83 Å². The quantitative estimate of drug-likeness (QED) is 0.373. The molecule has 0 bridgehead atoms. The fourth-order valence-corrected chi connectivity index (χ4v) is 3.37. The summed E-state index contributed by atoms with van der Waals surface area (Å²) < 4.78 is 13.4. The fraction of sp³-hybridized carbons (Fsp3) is 0. The van der Waals surface area contributed by atoms with Crippen LogP contribution in [0.5, 0.6) is 0 Å². The average Bonchev–Trinajstić information content (AvgIpc) is 3.36. The van der Waals surface area contributed by atoms with Crippen molar-refractivity contribution in [2.75, 3.05) is 0 Å². The third-order valence-electron chi connectivity index (χ3n) is 4.30. The third kappa shape index (κ3) is 2.86. The number of benzene rings is 2. The van der Waals surface area contributed by atoms with Gasteiger partial charge in [0.05, 0.1) is 23.4 Å². The van der Waals surface area contributed by atoms with Crippen molar-refractivity contribution in [1.29, 1.82) is 0 Å². The molecule has 0 radical (unpaired) electrons. The highest BCUT2D eigenvalue weighted by atomic mass is 79.9. The van der Waals surface area contributed by atoms with E-state index in [-0.39, 0.29) is 5.56 Å². The first kappa shape index (κ1) is 16.7. The molecule has 3 aromatic heterocycles. The molecule has 6 nitrogen and oxygen atoms in total. The smallest absolute Gasteiger partial charge is 0.282 e. The van der Waals surface area contributed by atoms with E-state index < -0.39 is 0 Å². The Morgan fingerprint density at radius 1 is 1.07 bits per heavy atom. The molecule has 0 aliphatic rings. The summed E-state index contributed by atoms with van der Waals surface area (Å²) in [4.78, 5) is 17.7. The summed E-state index contributed by atoms with van der Waals surface area (Å²) in [6, 6.07) is 18.2. The minimum Gasteiger partial charge on any atom is -0.463 e. The Morgan fingerprint density at radius 2 is 1.96 bits per heavy atom. The maximum Gasteiger partial charge on any atom is 0.282 e. The van der Waals surface area contributed by atoms with Crippen LogP contribution in [0.3, 0.4) is 0 Å². The van der Waals surface area contributed by atoms with Crippen LogP contribution < -0.4 is 5.56 Å². The number of furan rings is 2. The van der Waals surface area contributed by atoms with Gasteiger partial charge in [0, 0.05) is 9.86 Å². The van der Waals surface area contributed by atoms with E-state index in [0.29, 0.717) is 33.8 Å². The predicted molar refractivity (Wildman–Crippen MR) is 111 cm³/mol. The van der Waals surface area contributed by atoms with Gasteiger partial charge in [0.25, 0.3) is 5.56 Å². The fourth-order valence-electron chi connectivity index (χ4n) is 2.99. The van der Waals surface area contributed by atoms with Crippen molar-refractivity contribution >= 4 is 44.0 Å². The Bertz CT molecular complexity index is 1400. The molecule has 0 fully saturated rings. The van der Waals surface area contributed by atoms with Gasteiger partial charge in [-0.1, -0.05) is 28.1 Å². The van der Waals surface area contributed by atoms with Crippen LogP contribution in [0.1, 0.15) is 5.76 Å². The lowest BCUT2D eigenvalue weighted by Gasteiger charge is -2.06. The number of para-hydroxylation sites is 1. The highest BCUT2D eigenvalue weighted by molar-refractivity contribution is 9.10. The SMILES string of the molecule is O=c1c2ccccc2nc(-c2cc3cc(Br)ccc3o2)n1N=Cc1ccco1. The van der Waals surface area contributed by atoms with Gasteiger partial charge in [-0.3, -0.25) is 4.79 Å². The summed E-state index contributed by atoms with van der Waals surface area (Å²) >= 11 is 3.46. The summed E-state index contributed by atoms with van der Waals surface area (Å²) in [5, 5.41) is 5.69. The average molecular weight is 434 g/mol. The van der Waals surface area contributed by atoms with Crippen molar-refractivity contribution in [3.63, 3.8) is 0 Å². The van der Waals surface area contributed by atoms with Crippen LogP contribution >= 0.6 is 15.9 Å². The summed E-state index contributed by atoms with van der Waals surface area (Å²) in [6.45, 7) is 0. The van der Waals surface area contributed by atoms with Gasteiger partial charge in [0.1, 0.15) is 11.3 Å². The Morgan fingerprint density at radius 3 is 2.82 bits per heavy atom. The molecule has 3 heterocycles. The zero-order valence-electron chi connectivity index (χ0n) is 14.4. The lowest BCUT2D eigenvalue weighted by molar-refractivity contribution is 0.559. The summed E-state index contributed by atoms with van der Waals surface area (Å²) in [5.41, 5.74) is 0.987. The van der Waals surface area contributed by atoms with Crippen LogP contribution in [-0.4, -0.2) is 15.9 Å². The van der Waals surface area contributed by atoms with Gasteiger partial charge in [0.2, 0.25) is 5.82 Å². The van der Waals surface area contributed by atoms with Crippen LogP contribution in [0.15, 0.2) is 90.1 Å². The monoisotopic (exact) mass is 433 g/mol. The molecular weight excluding hydrogens is 422 g/mol. The number of hydrogen-bond donors (Lipinski definition) is 0. The molecule has 136 valence electrons. The van der Waals surface area contributed by atoms with Gasteiger partial charge in [-0.2, -0.15) is 9.78 Å². The van der Waals surface area contributed by atoms with Crippen LogP contribution in [0, 0.1) is 0 Å². The molecule has 0 aliphatic carbocycles. The zero-order chi connectivity index (χ0) is 19.1. The summed E-state index contributed by atoms with van der Waals surface area (Å²) in [5.74, 6) is 1.30. The highest BCUT2D eigenvalue weighted by Crippen LogP contribution is 2.29. The van der Waals surface area contributed by atoms with Gasteiger partial charge in [-0.25, -0.2) is 4.98 Å². The van der Waals surface area contributed by atoms with Crippen molar-refractivity contribution in [3.8, 4) is 11.6 Å². The highest BCUT2D eigenvalue weighted by Gasteiger charge is 2.16. The molecule has 28 heavy (non-hydrogen) atoms. The topological polar surface area (TPSA) is 73.5 Å². The van der Waals surface area contributed by atoms with E-state index in [1.807, 2.05) is 30.3 Å². The standard InChI is InChI=1S/C21H12BrN3O3/c22-14-7-8-18-13(10-14)11-19(28-18)20-24-17-6-2-1-5-16(17)21(26)25(20)23-12-15-4-3-9-27-15/h1-12H. The molecule has 5 rings (SSSR count). The maximum atomic E-state index is 13.1. The van der Waals surface area contributed by atoms with Crippen molar-refractivity contribution in [1.82, 2.24) is 9.66 Å².